The molecule has 0 bridgehead atoms. The van der Waals surface area contributed by atoms with E-state index >= 15 is 0 Å². The predicted molar refractivity (Wildman–Crippen MR) is 79.4 cm³/mol. The molecule has 0 aliphatic heterocycles. The second kappa shape index (κ2) is 6.13. The summed E-state index contributed by atoms with van der Waals surface area (Å²) in [5.41, 5.74) is 2.22. The summed E-state index contributed by atoms with van der Waals surface area (Å²) >= 11 is 0. The molecular formula is C15H12FN5O. The van der Waals surface area contributed by atoms with Crippen molar-refractivity contribution in [2.45, 2.75) is 0 Å². The molecule has 0 atom stereocenters. The Morgan fingerprint density at radius 3 is 2.68 bits per heavy atom. The molecule has 3 rings (SSSR count). The van der Waals surface area contributed by atoms with Crippen molar-refractivity contribution in [3.05, 3.63) is 60.2 Å². The maximum Gasteiger partial charge on any atom is 0.146 e. The van der Waals surface area contributed by atoms with Crippen LogP contribution in [-0.4, -0.2) is 33.5 Å². The molecule has 0 aliphatic rings. The van der Waals surface area contributed by atoms with Crippen LogP contribution in [0.15, 0.2) is 53.8 Å². The highest BCUT2D eigenvalue weighted by Crippen LogP contribution is 2.29. The maximum absolute atomic E-state index is 12.9. The molecule has 6 nitrogen and oxygen atoms in total. The molecule has 0 N–H and O–H groups in total. The standard InChI is InChI=1S/C15H12FN5O/c1-22-15-8-13(21-10-18-19-20-21)6-7-14(15)17-9-11-2-4-12(16)5-3-11/h2-10H,1H3. The zero-order valence-corrected chi connectivity index (χ0v) is 11.7. The Hall–Kier alpha value is -3.09. The van der Waals surface area contributed by atoms with Gasteiger partial charge in [0.05, 0.1) is 12.8 Å². The van der Waals surface area contributed by atoms with Crippen molar-refractivity contribution >= 4 is 11.9 Å². The van der Waals surface area contributed by atoms with Gasteiger partial charge < -0.3 is 4.74 Å². The van der Waals surface area contributed by atoms with E-state index in [0.29, 0.717) is 11.4 Å². The first-order chi connectivity index (χ1) is 10.8. The number of methoxy groups -OCH3 is 1. The number of ether oxygens (including phenoxy) is 1. The van der Waals surface area contributed by atoms with Gasteiger partial charge in [0.25, 0.3) is 0 Å². The van der Waals surface area contributed by atoms with Crippen molar-refractivity contribution in [1.82, 2.24) is 20.2 Å². The van der Waals surface area contributed by atoms with Gasteiger partial charge in [-0.25, -0.2) is 9.07 Å². The maximum atomic E-state index is 12.9. The van der Waals surface area contributed by atoms with Crippen LogP contribution in [0, 0.1) is 5.82 Å². The summed E-state index contributed by atoms with van der Waals surface area (Å²) in [7, 11) is 1.57. The Bertz CT molecular complexity index is 784. The summed E-state index contributed by atoms with van der Waals surface area (Å²) in [5.74, 6) is 0.312. The molecule has 110 valence electrons. The van der Waals surface area contributed by atoms with E-state index in [0.717, 1.165) is 11.3 Å². The van der Waals surface area contributed by atoms with Crippen molar-refractivity contribution in [1.29, 1.82) is 0 Å². The first-order valence-electron chi connectivity index (χ1n) is 6.47. The molecule has 3 aromatic rings. The zero-order chi connectivity index (χ0) is 15.4. The lowest BCUT2D eigenvalue weighted by molar-refractivity contribution is 0.416. The molecule has 0 saturated carbocycles. The topological polar surface area (TPSA) is 65.2 Å². The van der Waals surface area contributed by atoms with E-state index in [-0.39, 0.29) is 5.82 Å². The minimum Gasteiger partial charge on any atom is -0.494 e. The van der Waals surface area contributed by atoms with Gasteiger partial charge in [0, 0.05) is 12.3 Å². The molecule has 1 heterocycles. The number of aromatic nitrogens is 4. The first-order valence-corrected chi connectivity index (χ1v) is 6.47. The minimum absolute atomic E-state index is 0.277. The highest BCUT2D eigenvalue weighted by Gasteiger charge is 2.05. The van der Waals surface area contributed by atoms with Gasteiger partial charge in [0.1, 0.15) is 23.6 Å². The summed E-state index contributed by atoms with van der Waals surface area (Å²) in [6.07, 6.45) is 3.14. The van der Waals surface area contributed by atoms with Crippen LogP contribution in [0.3, 0.4) is 0 Å². The van der Waals surface area contributed by atoms with Crippen LogP contribution in [0.4, 0.5) is 10.1 Å². The third kappa shape index (κ3) is 2.98. The molecule has 0 fully saturated rings. The average molecular weight is 297 g/mol. The van der Waals surface area contributed by atoms with Crippen molar-refractivity contribution in [2.75, 3.05) is 7.11 Å². The van der Waals surface area contributed by atoms with Gasteiger partial charge >= 0.3 is 0 Å². The monoisotopic (exact) mass is 297 g/mol. The van der Waals surface area contributed by atoms with Gasteiger partial charge in [-0.2, -0.15) is 0 Å². The Morgan fingerprint density at radius 1 is 1.18 bits per heavy atom. The first kappa shape index (κ1) is 13.9. The van der Waals surface area contributed by atoms with E-state index in [1.807, 2.05) is 6.07 Å². The lowest BCUT2D eigenvalue weighted by Gasteiger charge is -2.06. The minimum atomic E-state index is -0.277. The van der Waals surface area contributed by atoms with Crippen LogP contribution >= 0.6 is 0 Å². The molecule has 0 unspecified atom stereocenters. The van der Waals surface area contributed by atoms with Crippen molar-refractivity contribution < 1.29 is 9.13 Å². The van der Waals surface area contributed by atoms with Crippen molar-refractivity contribution in [3.63, 3.8) is 0 Å². The summed E-state index contributed by atoms with van der Waals surface area (Å²) in [6.45, 7) is 0. The highest BCUT2D eigenvalue weighted by molar-refractivity contribution is 5.82. The van der Waals surface area contributed by atoms with Gasteiger partial charge in [0.15, 0.2) is 0 Å². The number of halogens is 1. The number of aliphatic imine (C=N–C) groups is 1. The van der Waals surface area contributed by atoms with E-state index in [9.17, 15) is 4.39 Å². The van der Waals surface area contributed by atoms with Crippen LogP contribution in [0.1, 0.15) is 5.56 Å². The Kier molecular flexibility index (Phi) is 3.86. The molecule has 0 spiro atoms. The van der Waals surface area contributed by atoms with Gasteiger partial charge in [-0.3, -0.25) is 4.99 Å². The van der Waals surface area contributed by atoms with E-state index in [1.165, 1.54) is 23.1 Å². The number of rotatable bonds is 4. The second-order valence-electron chi connectivity index (χ2n) is 4.42. The molecule has 2 aromatic carbocycles. The van der Waals surface area contributed by atoms with Crippen molar-refractivity contribution in [3.8, 4) is 11.4 Å². The second-order valence-corrected chi connectivity index (χ2v) is 4.42. The number of benzene rings is 2. The summed E-state index contributed by atoms with van der Waals surface area (Å²) in [4.78, 5) is 4.37. The van der Waals surface area contributed by atoms with Gasteiger partial charge in [-0.05, 0) is 40.3 Å². The highest BCUT2D eigenvalue weighted by atomic mass is 19.1. The number of nitrogens with zero attached hydrogens (tertiary/aromatic N) is 5. The van der Waals surface area contributed by atoms with Crippen LogP contribution in [0.5, 0.6) is 5.75 Å². The summed E-state index contributed by atoms with van der Waals surface area (Å²) in [6, 6.07) is 11.5. The van der Waals surface area contributed by atoms with E-state index in [2.05, 4.69) is 20.5 Å². The summed E-state index contributed by atoms with van der Waals surface area (Å²) < 4.78 is 19.7. The Morgan fingerprint density at radius 2 is 2.00 bits per heavy atom. The molecule has 0 radical (unpaired) electrons. The van der Waals surface area contributed by atoms with E-state index in [4.69, 9.17) is 4.74 Å². The summed E-state index contributed by atoms with van der Waals surface area (Å²) in [5, 5.41) is 11.0. The fourth-order valence-electron chi connectivity index (χ4n) is 1.89. The molecule has 7 heteroatoms. The zero-order valence-electron chi connectivity index (χ0n) is 11.7. The van der Waals surface area contributed by atoms with E-state index in [1.54, 1.807) is 37.6 Å². The number of hydrogen-bond acceptors (Lipinski definition) is 5. The largest absolute Gasteiger partial charge is 0.494 e. The van der Waals surface area contributed by atoms with Crippen LogP contribution in [-0.2, 0) is 0 Å². The molecule has 1 aromatic heterocycles. The Balaban J connectivity index is 1.89. The predicted octanol–water partition coefficient (Wildman–Crippen LogP) is 2.56. The molecule has 0 saturated heterocycles. The Labute approximate surface area is 125 Å². The van der Waals surface area contributed by atoms with Crippen LogP contribution in [0.2, 0.25) is 0 Å². The fourth-order valence-corrected chi connectivity index (χ4v) is 1.89. The quantitative estimate of drug-likeness (QED) is 0.694. The molecular weight excluding hydrogens is 285 g/mol. The molecule has 0 aliphatic carbocycles. The lowest BCUT2D eigenvalue weighted by atomic mass is 10.2. The fraction of sp³-hybridized carbons (Fsp3) is 0.0667. The van der Waals surface area contributed by atoms with Crippen LogP contribution < -0.4 is 4.74 Å². The lowest BCUT2D eigenvalue weighted by Crippen LogP contribution is -1.96. The number of hydrogen-bond donors (Lipinski definition) is 0. The SMILES string of the molecule is COc1cc(-n2cnnn2)ccc1N=Cc1ccc(F)cc1. The van der Waals surface area contributed by atoms with Gasteiger partial charge in [0.2, 0.25) is 0 Å². The normalized spacial score (nSPS) is 11.0. The average Bonchev–Trinajstić information content (AvgIpc) is 3.08. The van der Waals surface area contributed by atoms with Crippen molar-refractivity contribution in [2.24, 2.45) is 4.99 Å². The van der Waals surface area contributed by atoms with Crippen LogP contribution in [0.25, 0.3) is 5.69 Å². The van der Waals surface area contributed by atoms with Gasteiger partial charge in [-0.1, -0.05) is 12.1 Å². The van der Waals surface area contributed by atoms with Gasteiger partial charge in [-0.15, -0.1) is 5.10 Å². The smallest absolute Gasteiger partial charge is 0.146 e. The number of tetrazole rings is 1. The molecule has 0 amide bonds. The van der Waals surface area contributed by atoms with E-state index < -0.39 is 0 Å². The molecule has 22 heavy (non-hydrogen) atoms. The third-order valence-corrected chi connectivity index (χ3v) is 3.00. The third-order valence-electron chi connectivity index (χ3n) is 3.00.